The monoisotopic (exact) mass is 438 g/mol. The van der Waals surface area contributed by atoms with Gasteiger partial charge in [0.2, 0.25) is 17.8 Å². The van der Waals surface area contributed by atoms with Gasteiger partial charge in [0.15, 0.2) is 5.60 Å². The molecule has 0 saturated carbocycles. The van der Waals surface area contributed by atoms with Crippen molar-refractivity contribution in [2.45, 2.75) is 31.0 Å². The van der Waals surface area contributed by atoms with Crippen molar-refractivity contribution < 1.29 is 31.9 Å². The Morgan fingerprint density at radius 2 is 1.94 bits per heavy atom. The Kier molecular flexibility index (Phi) is 4.80. The summed E-state index contributed by atoms with van der Waals surface area (Å²) in [6, 6.07) is 8.40. The Bertz CT molecular complexity index is 1180. The molecule has 0 bridgehead atoms. The Morgan fingerprint density at radius 1 is 1.19 bits per heavy atom. The van der Waals surface area contributed by atoms with Crippen LogP contribution in [0, 0.1) is 11.9 Å². The quantitative estimate of drug-likeness (QED) is 0.426. The molecule has 0 aliphatic carbocycles. The van der Waals surface area contributed by atoms with Crippen LogP contribution in [0.25, 0.3) is 11.1 Å². The summed E-state index contributed by atoms with van der Waals surface area (Å²) in [6.45, 7) is 1.56. The van der Waals surface area contributed by atoms with E-state index in [2.05, 4.69) is 20.5 Å². The highest BCUT2D eigenvalue weighted by Crippen LogP contribution is 2.49. The molecule has 3 aromatic rings. The van der Waals surface area contributed by atoms with Gasteiger partial charge in [0.25, 0.3) is 0 Å². The summed E-state index contributed by atoms with van der Waals surface area (Å²) in [7, 11) is 0. The average Bonchev–Trinajstić information content (AvgIpc) is 3.11. The normalized spacial score (nSPS) is 19.6. The number of carbonyl (C=O) groups is 1. The number of pyridine rings is 1. The van der Waals surface area contributed by atoms with Gasteiger partial charge in [0.05, 0.1) is 17.7 Å². The zero-order valence-corrected chi connectivity index (χ0v) is 15.9. The third-order valence-corrected chi connectivity index (χ3v) is 5.28. The molecule has 3 N–H and O–H groups in total. The van der Waals surface area contributed by atoms with Gasteiger partial charge in [0.1, 0.15) is 5.82 Å². The fraction of sp³-hybridized carbons (Fsp3) is 0.250. The number of aromatic amines is 1. The molecule has 1 aromatic carbocycles. The number of H-pyrrole nitrogens is 1. The molecule has 11 heteroatoms. The molecule has 1 unspecified atom stereocenters. The number of hydrogen-bond donors (Lipinski definition) is 3. The highest BCUT2D eigenvalue weighted by Gasteiger charge is 2.60. The Labute approximate surface area is 172 Å². The molecule has 1 aliphatic rings. The number of anilines is 1. The highest BCUT2D eigenvalue weighted by atomic mass is 19.4. The Balaban J connectivity index is 1.79. The zero-order chi connectivity index (χ0) is 22.6. The van der Waals surface area contributed by atoms with E-state index in [1.165, 1.54) is 12.1 Å². The van der Waals surface area contributed by atoms with E-state index in [1.54, 1.807) is 25.1 Å². The van der Waals surface area contributed by atoms with Gasteiger partial charge in [-0.2, -0.15) is 32.0 Å². The number of hydrogen-bond acceptors (Lipinski definition) is 4. The smallest absolute Gasteiger partial charge is 0.376 e. The summed E-state index contributed by atoms with van der Waals surface area (Å²) < 4.78 is 68.3. The molecule has 3 heterocycles. The van der Waals surface area contributed by atoms with Crippen LogP contribution in [0.15, 0.2) is 36.4 Å². The lowest BCUT2D eigenvalue weighted by Gasteiger charge is -2.34. The van der Waals surface area contributed by atoms with Gasteiger partial charge in [-0.15, -0.1) is 0 Å². The summed E-state index contributed by atoms with van der Waals surface area (Å²) in [5.74, 6) is -4.13. The minimum Gasteiger partial charge on any atom is -0.376 e. The minimum absolute atomic E-state index is 0.0126. The second-order valence-electron chi connectivity index (χ2n) is 7.26. The summed E-state index contributed by atoms with van der Waals surface area (Å²) in [5, 5.41) is 19.0. The van der Waals surface area contributed by atoms with Gasteiger partial charge in [-0.25, -0.2) is 0 Å². The fourth-order valence-corrected chi connectivity index (χ4v) is 3.69. The number of aromatic nitrogens is 3. The molecule has 0 saturated heterocycles. The average molecular weight is 438 g/mol. The van der Waals surface area contributed by atoms with Gasteiger partial charge < -0.3 is 10.4 Å². The van der Waals surface area contributed by atoms with Gasteiger partial charge in [-0.05, 0) is 23.3 Å². The number of nitrogens with zero attached hydrogens (tertiary/aromatic N) is 2. The lowest BCUT2D eigenvalue weighted by Crippen LogP contribution is -2.48. The van der Waals surface area contributed by atoms with Crippen LogP contribution in [0.2, 0.25) is 0 Å². The van der Waals surface area contributed by atoms with Crippen LogP contribution in [0.1, 0.15) is 36.1 Å². The molecule has 1 aliphatic heterocycles. The maximum Gasteiger partial charge on any atom is 0.422 e. The van der Waals surface area contributed by atoms with E-state index in [0.29, 0.717) is 11.1 Å². The van der Waals surface area contributed by atoms with Gasteiger partial charge >= 0.3 is 6.18 Å². The van der Waals surface area contributed by atoms with E-state index in [1.807, 2.05) is 0 Å². The zero-order valence-electron chi connectivity index (χ0n) is 15.9. The highest BCUT2D eigenvalue weighted by molar-refractivity contribution is 5.94. The molecule has 0 spiro atoms. The van der Waals surface area contributed by atoms with Gasteiger partial charge in [-0.1, -0.05) is 31.2 Å². The van der Waals surface area contributed by atoms with Crippen LogP contribution in [0.4, 0.5) is 27.8 Å². The predicted molar refractivity (Wildman–Crippen MR) is 98.9 cm³/mol. The van der Waals surface area contributed by atoms with E-state index >= 15 is 0 Å². The van der Waals surface area contributed by atoms with Crippen LogP contribution in [-0.4, -0.2) is 32.4 Å². The van der Waals surface area contributed by atoms with E-state index in [0.717, 1.165) is 6.07 Å². The molecule has 2 aromatic heterocycles. The van der Waals surface area contributed by atoms with E-state index in [4.69, 9.17) is 0 Å². The molecule has 4 rings (SSSR count). The number of fused-ring (bicyclic) bond motifs is 1. The SMILES string of the molecule is C[C@@H](c1cccc(-c2ccc(F)nc2F)c1)c1n[nH]c2c1C(O)(C(F)(F)F)CC(=O)N2. The molecular formula is C20H15F5N4O2. The summed E-state index contributed by atoms with van der Waals surface area (Å²) in [6.07, 6.45) is -6.32. The number of halogens is 5. The predicted octanol–water partition coefficient (Wildman–Crippen LogP) is 3.99. The molecule has 0 fully saturated rings. The van der Waals surface area contributed by atoms with Crippen LogP contribution in [-0.2, 0) is 10.4 Å². The van der Waals surface area contributed by atoms with Crippen molar-refractivity contribution in [3.05, 3.63) is 65.1 Å². The molecule has 6 nitrogen and oxygen atoms in total. The number of amides is 1. The maximum atomic E-state index is 14.1. The topological polar surface area (TPSA) is 90.9 Å². The number of carbonyl (C=O) groups excluding carboxylic acids is 1. The number of nitrogens with one attached hydrogen (secondary N) is 2. The van der Waals surface area contributed by atoms with Crippen LogP contribution in [0.5, 0.6) is 0 Å². The Morgan fingerprint density at radius 3 is 2.61 bits per heavy atom. The van der Waals surface area contributed by atoms with E-state index < -0.39 is 47.5 Å². The number of benzene rings is 1. The van der Waals surface area contributed by atoms with Crippen LogP contribution < -0.4 is 5.32 Å². The number of rotatable bonds is 3. The largest absolute Gasteiger partial charge is 0.422 e. The van der Waals surface area contributed by atoms with Crippen LogP contribution >= 0.6 is 0 Å². The standard InChI is InChI=1S/C20H15F5N4O2/c1-9(10-3-2-4-11(7-10)12-5-6-13(21)26-17(12)22)16-15-18(29-28-16)27-14(30)8-19(15,31)20(23,24)25/h2-7,9,31H,8H2,1H3,(H2,27,28,29,30)/t9-,19?/m0/s1. The number of aliphatic hydroxyl groups is 1. The second-order valence-corrected chi connectivity index (χ2v) is 7.26. The van der Waals surface area contributed by atoms with Crippen molar-refractivity contribution in [3.8, 4) is 11.1 Å². The van der Waals surface area contributed by atoms with Crippen molar-refractivity contribution in [1.29, 1.82) is 0 Å². The molecule has 1 amide bonds. The summed E-state index contributed by atoms with van der Waals surface area (Å²) in [5.41, 5.74) is -3.29. The molecule has 0 radical (unpaired) electrons. The molecule has 162 valence electrons. The van der Waals surface area contributed by atoms with Crippen LogP contribution in [0.3, 0.4) is 0 Å². The van der Waals surface area contributed by atoms with Crippen molar-refractivity contribution in [3.63, 3.8) is 0 Å². The first-order valence-corrected chi connectivity index (χ1v) is 9.11. The second kappa shape index (κ2) is 7.12. The van der Waals surface area contributed by atoms with Crippen molar-refractivity contribution >= 4 is 11.7 Å². The lowest BCUT2D eigenvalue weighted by molar-refractivity contribution is -0.267. The van der Waals surface area contributed by atoms with Gasteiger partial charge in [-0.3, -0.25) is 9.89 Å². The van der Waals surface area contributed by atoms with Crippen molar-refractivity contribution in [2.75, 3.05) is 5.32 Å². The molecular weight excluding hydrogens is 423 g/mol. The van der Waals surface area contributed by atoms with E-state index in [9.17, 15) is 31.9 Å². The number of alkyl halides is 3. The van der Waals surface area contributed by atoms with Crippen molar-refractivity contribution in [2.24, 2.45) is 0 Å². The summed E-state index contributed by atoms with van der Waals surface area (Å²) >= 11 is 0. The third-order valence-electron chi connectivity index (χ3n) is 5.28. The summed E-state index contributed by atoms with van der Waals surface area (Å²) in [4.78, 5) is 14.8. The fourth-order valence-electron chi connectivity index (χ4n) is 3.69. The van der Waals surface area contributed by atoms with E-state index in [-0.39, 0.29) is 17.1 Å². The third kappa shape index (κ3) is 3.44. The first kappa shape index (κ1) is 20.9. The Hall–Kier alpha value is -3.34. The van der Waals surface area contributed by atoms with Gasteiger partial charge in [0, 0.05) is 11.5 Å². The lowest BCUT2D eigenvalue weighted by atomic mass is 9.82. The first-order valence-electron chi connectivity index (χ1n) is 9.11. The first-order chi connectivity index (χ1) is 14.5. The minimum atomic E-state index is -5.12. The van der Waals surface area contributed by atoms with Crippen molar-refractivity contribution in [1.82, 2.24) is 15.2 Å². The molecule has 2 atom stereocenters. The molecule has 31 heavy (non-hydrogen) atoms. The maximum absolute atomic E-state index is 14.1.